The molecule has 31 heavy (non-hydrogen) atoms. The van der Waals surface area contributed by atoms with Crippen molar-refractivity contribution in [2.45, 2.75) is 19.4 Å². The molecule has 158 valence electrons. The Morgan fingerprint density at radius 3 is 2.84 bits per heavy atom. The van der Waals surface area contributed by atoms with Crippen LogP contribution in [-0.2, 0) is 6.54 Å². The minimum atomic E-state index is -0.0999. The summed E-state index contributed by atoms with van der Waals surface area (Å²) in [5.41, 5.74) is 3.17. The zero-order valence-corrected chi connectivity index (χ0v) is 17.3. The molecule has 1 saturated heterocycles. The lowest BCUT2D eigenvalue weighted by molar-refractivity contribution is 0.0953. The Balaban J connectivity index is 1.47. The Kier molecular flexibility index (Phi) is 5.45. The highest BCUT2D eigenvalue weighted by Crippen LogP contribution is 2.30. The number of anilines is 1. The van der Waals surface area contributed by atoms with Crippen molar-refractivity contribution < 1.29 is 4.79 Å². The SMILES string of the molecule is O=C(NCCN1CCCC1)c1c2c(NCc3cccnc3)ncnc2n2ccccc12. The Labute approximate surface area is 180 Å². The Morgan fingerprint density at radius 1 is 1.10 bits per heavy atom. The van der Waals surface area contributed by atoms with Gasteiger partial charge in [0.05, 0.1) is 16.5 Å². The maximum absolute atomic E-state index is 13.3. The van der Waals surface area contributed by atoms with Gasteiger partial charge in [-0.05, 0) is 49.7 Å². The van der Waals surface area contributed by atoms with Crippen LogP contribution in [0.25, 0.3) is 16.6 Å². The lowest BCUT2D eigenvalue weighted by atomic mass is 10.1. The molecule has 8 nitrogen and oxygen atoms in total. The second-order valence-electron chi connectivity index (χ2n) is 7.77. The third-order valence-electron chi connectivity index (χ3n) is 5.74. The van der Waals surface area contributed by atoms with Crippen LogP contribution in [0.1, 0.15) is 28.8 Å². The number of rotatable bonds is 7. The van der Waals surface area contributed by atoms with Gasteiger partial charge in [0.15, 0.2) is 5.65 Å². The molecule has 1 fully saturated rings. The van der Waals surface area contributed by atoms with E-state index in [1.54, 1.807) is 6.20 Å². The fourth-order valence-corrected chi connectivity index (χ4v) is 4.22. The molecule has 8 heteroatoms. The molecule has 4 aromatic rings. The predicted molar refractivity (Wildman–Crippen MR) is 120 cm³/mol. The van der Waals surface area contributed by atoms with E-state index in [-0.39, 0.29) is 5.91 Å². The zero-order chi connectivity index (χ0) is 21.0. The van der Waals surface area contributed by atoms with E-state index in [1.807, 2.05) is 47.1 Å². The first-order valence-corrected chi connectivity index (χ1v) is 10.7. The van der Waals surface area contributed by atoms with Crippen LogP contribution in [-0.4, -0.2) is 56.3 Å². The molecule has 0 radical (unpaired) electrons. The number of nitrogens with zero attached hydrogens (tertiary/aromatic N) is 5. The van der Waals surface area contributed by atoms with Gasteiger partial charge in [-0.3, -0.25) is 9.78 Å². The maximum atomic E-state index is 13.3. The third-order valence-corrected chi connectivity index (χ3v) is 5.74. The van der Waals surface area contributed by atoms with Gasteiger partial charge in [-0.15, -0.1) is 0 Å². The fourth-order valence-electron chi connectivity index (χ4n) is 4.22. The molecule has 5 heterocycles. The summed E-state index contributed by atoms with van der Waals surface area (Å²) in [6, 6.07) is 9.72. The molecular weight excluding hydrogens is 390 g/mol. The summed E-state index contributed by atoms with van der Waals surface area (Å²) in [6.45, 7) is 4.28. The van der Waals surface area contributed by atoms with Crippen LogP contribution < -0.4 is 10.6 Å². The summed E-state index contributed by atoms with van der Waals surface area (Å²) in [5.74, 6) is 0.541. The van der Waals surface area contributed by atoms with E-state index in [9.17, 15) is 4.79 Å². The van der Waals surface area contributed by atoms with Crippen molar-refractivity contribution in [2.75, 3.05) is 31.5 Å². The fraction of sp³-hybridized carbons (Fsp3) is 0.304. The maximum Gasteiger partial charge on any atom is 0.254 e. The molecule has 4 aromatic heterocycles. The van der Waals surface area contributed by atoms with Crippen LogP contribution in [0.3, 0.4) is 0 Å². The number of nitrogens with one attached hydrogen (secondary N) is 2. The average Bonchev–Trinajstić information content (AvgIpc) is 3.44. The van der Waals surface area contributed by atoms with Gasteiger partial charge >= 0.3 is 0 Å². The molecule has 0 spiro atoms. The van der Waals surface area contributed by atoms with Gasteiger partial charge in [-0.25, -0.2) is 9.97 Å². The van der Waals surface area contributed by atoms with Gasteiger partial charge < -0.3 is 19.9 Å². The summed E-state index contributed by atoms with van der Waals surface area (Å²) in [5, 5.41) is 7.21. The summed E-state index contributed by atoms with van der Waals surface area (Å²) < 4.78 is 1.95. The molecule has 1 aliphatic rings. The van der Waals surface area contributed by atoms with Gasteiger partial charge in [-0.2, -0.15) is 0 Å². The molecule has 1 amide bonds. The summed E-state index contributed by atoms with van der Waals surface area (Å²) in [6.07, 6.45) is 9.50. The third kappa shape index (κ3) is 3.94. The van der Waals surface area contributed by atoms with E-state index >= 15 is 0 Å². The summed E-state index contributed by atoms with van der Waals surface area (Å²) in [7, 11) is 0. The molecule has 1 aliphatic heterocycles. The van der Waals surface area contributed by atoms with Crippen molar-refractivity contribution in [2.24, 2.45) is 0 Å². The predicted octanol–water partition coefficient (Wildman–Crippen LogP) is 2.72. The molecule has 5 rings (SSSR count). The second kappa shape index (κ2) is 8.69. The number of fused-ring (bicyclic) bond motifs is 3. The lowest BCUT2D eigenvalue weighted by Crippen LogP contribution is -2.33. The van der Waals surface area contributed by atoms with E-state index in [0.29, 0.717) is 30.1 Å². The van der Waals surface area contributed by atoms with Gasteiger partial charge in [0.25, 0.3) is 5.91 Å². The largest absolute Gasteiger partial charge is 0.365 e. The van der Waals surface area contributed by atoms with Gasteiger partial charge in [0.2, 0.25) is 0 Å². The van der Waals surface area contributed by atoms with Crippen LogP contribution in [0.15, 0.2) is 55.2 Å². The van der Waals surface area contributed by atoms with Crippen LogP contribution in [0, 0.1) is 0 Å². The van der Waals surface area contributed by atoms with E-state index in [1.165, 1.54) is 19.2 Å². The Bertz CT molecular complexity index is 1200. The topological polar surface area (TPSA) is 87.5 Å². The number of aromatic nitrogens is 4. The standard InChI is InChI=1S/C23H25N7O/c31-23(25-9-13-29-10-3-4-11-29)19-18-7-1-2-12-30(18)22-20(19)21(27-16-28-22)26-15-17-6-5-8-24-14-17/h1-2,5-8,12,14,16H,3-4,9-11,13,15H2,(H,25,31)(H,26,27,28). The Morgan fingerprint density at radius 2 is 2.00 bits per heavy atom. The molecule has 0 unspecified atom stereocenters. The van der Waals surface area contributed by atoms with Crippen molar-refractivity contribution >= 4 is 28.3 Å². The van der Waals surface area contributed by atoms with Crippen molar-refractivity contribution in [1.29, 1.82) is 0 Å². The molecule has 0 saturated carbocycles. The van der Waals surface area contributed by atoms with Crippen LogP contribution in [0.5, 0.6) is 0 Å². The zero-order valence-electron chi connectivity index (χ0n) is 17.3. The van der Waals surface area contributed by atoms with E-state index in [4.69, 9.17) is 0 Å². The van der Waals surface area contributed by atoms with E-state index in [2.05, 4.69) is 30.5 Å². The number of hydrogen-bond donors (Lipinski definition) is 2. The average molecular weight is 416 g/mol. The number of carbonyl (C=O) groups excluding carboxylic acids is 1. The minimum absolute atomic E-state index is 0.0999. The van der Waals surface area contributed by atoms with Gasteiger partial charge in [0, 0.05) is 38.2 Å². The highest BCUT2D eigenvalue weighted by Gasteiger charge is 2.22. The number of carbonyl (C=O) groups is 1. The van der Waals surface area contributed by atoms with Gasteiger partial charge in [-0.1, -0.05) is 12.1 Å². The Hall–Kier alpha value is -3.52. The number of amides is 1. The van der Waals surface area contributed by atoms with Crippen LogP contribution in [0.4, 0.5) is 5.82 Å². The molecule has 0 atom stereocenters. The first-order chi connectivity index (χ1) is 15.3. The summed E-state index contributed by atoms with van der Waals surface area (Å²) in [4.78, 5) is 28.8. The van der Waals surface area contributed by atoms with E-state index < -0.39 is 0 Å². The van der Waals surface area contributed by atoms with Gasteiger partial charge in [0.1, 0.15) is 12.1 Å². The van der Waals surface area contributed by atoms with Crippen LogP contribution >= 0.6 is 0 Å². The van der Waals surface area contributed by atoms with Crippen molar-refractivity contribution in [3.8, 4) is 0 Å². The first-order valence-electron chi connectivity index (χ1n) is 10.7. The van der Waals surface area contributed by atoms with Crippen molar-refractivity contribution in [3.63, 3.8) is 0 Å². The quantitative estimate of drug-likeness (QED) is 0.483. The highest BCUT2D eigenvalue weighted by molar-refractivity contribution is 6.16. The van der Waals surface area contributed by atoms with Crippen molar-refractivity contribution in [1.82, 2.24) is 29.6 Å². The normalized spacial score (nSPS) is 14.3. The molecular formula is C23H25N7O. The molecule has 0 aromatic carbocycles. The molecule has 2 N–H and O–H groups in total. The molecule has 0 aliphatic carbocycles. The van der Waals surface area contributed by atoms with Crippen molar-refractivity contribution in [3.05, 3.63) is 66.4 Å². The van der Waals surface area contributed by atoms with Crippen LogP contribution in [0.2, 0.25) is 0 Å². The monoisotopic (exact) mass is 415 g/mol. The lowest BCUT2D eigenvalue weighted by Gasteiger charge is -2.14. The smallest absolute Gasteiger partial charge is 0.254 e. The second-order valence-corrected chi connectivity index (χ2v) is 7.77. The highest BCUT2D eigenvalue weighted by atomic mass is 16.1. The number of likely N-dealkylation sites (tertiary alicyclic amines) is 1. The molecule has 0 bridgehead atoms. The number of hydrogen-bond acceptors (Lipinski definition) is 6. The minimum Gasteiger partial charge on any atom is -0.365 e. The van der Waals surface area contributed by atoms with E-state index in [0.717, 1.165) is 36.1 Å². The number of pyridine rings is 2. The first kappa shape index (κ1) is 19.4. The summed E-state index contributed by atoms with van der Waals surface area (Å²) >= 11 is 0.